The standard InChI is InChI=1S/C26H33N3O5S/c1-4-34-24-12-11-18(14-25(24)33-2)21(22-16-27-23-10-6-5-9-20(22)23)15-28-26(30)19-8-7-13-29(17-19)35(3,31)32/h5-6,9-12,14,16,19,21,27H,4,7-8,13,15,17H2,1-3H3,(H,28,30). The first-order valence-corrected chi connectivity index (χ1v) is 13.8. The molecule has 4 rings (SSSR count). The van der Waals surface area contributed by atoms with Gasteiger partial charge in [0.25, 0.3) is 0 Å². The van der Waals surface area contributed by atoms with Crippen LogP contribution in [0.25, 0.3) is 10.9 Å². The Kier molecular flexibility index (Phi) is 7.66. The van der Waals surface area contributed by atoms with Crippen LogP contribution in [0.4, 0.5) is 0 Å². The molecule has 1 aliphatic heterocycles. The molecule has 1 aliphatic rings. The van der Waals surface area contributed by atoms with Crippen molar-refractivity contribution in [1.82, 2.24) is 14.6 Å². The van der Waals surface area contributed by atoms with Gasteiger partial charge in [-0.05, 0) is 49.1 Å². The number of aromatic nitrogens is 1. The summed E-state index contributed by atoms with van der Waals surface area (Å²) in [4.78, 5) is 16.4. The van der Waals surface area contributed by atoms with Crippen LogP contribution in [-0.4, -0.2) is 63.2 Å². The monoisotopic (exact) mass is 499 g/mol. The van der Waals surface area contributed by atoms with Gasteiger partial charge in [0.05, 0.1) is 25.9 Å². The van der Waals surface area contributed by atoms with Crippen molar-refractivity contribution in [3.63, 3.8) is 0 Å². The Morgan fingerprint density at radius 3 is 2.77 bits per heavy atom. The van der Waals surface area contributed by atoms with E-state index >= 15 is 0 Å². The second-order valence-electron chi connectivity index (χ2n) is 8.89. The number of carbonyl (C=O) groups is 1. The van der Waals surface area contributed by atoms with Crippen molar-refractivity contribution in [2.75, 3.05) is 39.6 Å². The summed E-state index contributed by atoms with van der Waals surface area (Å²) in [5.74, 6) is 0.674. The Balaban J connectivity index is 1.61. The van der Waals surface area contributed by atoms with E-state index in [9.17, 15) is 13.2 Å². The first-order valence-electron chi connectivity index (χ1n) is 11.9. The van der Waals surface area contributed by atoms with E-state index in [1.807, 2.05) is 49.5 Å². The van der Waals surface area contributed by atoms with E-state index in [0.29, 0.717) is 44.0 Å². The molecule has 2 heterocycles. The predicted octanol–water partition coefficient (Wildman–Crippen LogP) is 3.49. The van der Waals surface area contributed by atoms with Crippen LogP contribution in [0, 0.1) is 5.92 Å². The van der Waals surface area contributed by atoms with Crippen molar-refractivity contribution >= 4 is 26.8 Å². The lowest BCUT2D eigenvalue weighted by Crippen LogP contribution is -2.45. The summed E-state index contributed by atoms with van der Waals surface area (Å²) < 4.78 is 36.6. The second kappa shape index (κ2) is 10.7. The van der Waals surface area contributed by atoms with Gasteiger partial charge in [0.1, 0.15) is 0 Å². The van der Waals surface area contributed by atoms with Gasteiger partial charge in [-0.25, -0.2) is 12.7 Å². The van der Waals surface area contributed by atoms with Gasteiger partial charge < -0.3 is 19.8 Å². The maximum Gasteiger partial charge on any atom is 0.224 e. The Morgan fingerprint density at radius 1 is 1.23 bits per heavy atom. The second-order valence-corrected chi connectivity index (χ2v) is 10.9. The van der Waals surface area contributed by atoms with Crippen molar-refractivity contribution in [3.05, 3.63) is 59.8 Å². The number of hydrogen-bond donors (Lipinski definition) is 2. The van der Waals surface area contributed by atoms with E-state index in [0.717, 1.165) is 22.0 Å². The van der Waals surface area contributed by atoms with Crippen LogP contribution in [0.2, 0.25) is 0 Å². The van der Waals surface area contributed by atoms with Gasteiger partial charge in [-0.3, -0.25) is 4.79 Å². The van der Waals surface area contributed by atoms with Crippen molar-refractivity contribution in [3.8, 4) is 11.5 Å². The maximum atomic E-state index is 13.1. The third kappa shape index (κ3) is 5.62. The summed E-state index contributed by atoms with van der Waals surface area (Å²) >= 11 is 0. The number of carbonyl (C=O) groups excluding carboxylic acids is 1. The number of nitrogens with zero attached hydrogens (tertiary/aromatic N) is 1. The van der Waals surface area contributed by atoms with Gasteiger partial charge in [-0.15, -0.1) is 0 Å². The number of sulfonamides is 1. The minimum Gasteiger partial charge on any atom is -0.493 e. The highest BCUT2D eigenvalue weighted by Crippen LogP contribution is 2.36. The number of piperidine rings is 1. The van der Waals surface area contributed by atoms with Gasteiger partial charge in [0.15, 0.2) is 11.5 Å². The molecule has 2 unspecified atom stereocenters. The highest BCUT2D eigenvalue weighted by Gasteiger charge is 2.31. The average Bonchev–Trinajstić information content (AvgIpc) is 3.28. The molecule has 2 atom stereocenters. The Hall–Kier alpha value is -3.04. The lowest BCUT2D eigenvalue weighted by molar-refractivity contribution is -0.126. The number of amides is 1. The van der Waals surface area contributed by atoms with Crippen molar-refractivity contribution < 1.29 is 22.7 Å². The molecule has 0 radical (unpaired) electrons. The zero-order valence-corrected chi connectivity index (χ0v) is 21.2. The molecule has 1 fully saturated rings. The highest BCUT2D eigenvalue weighted by molar-refractivity contribution is 7.88. The average molecular weight is 500 g/mol. The summed E-state index contributed by atoms with van der Waals surface area (Å²) in [5, 5.41) is 4.19. The predicted molar refractivity (Wildman–Crippen MR) is 136 cm³/mol. The van der Waals surface area contributed by atoms with Gasteiger partial charge in [-0.2, -0.15) is 0 Å². The summed E-state index contributed by atoms with van der Waals surface area (Å²) in [7, 11) is -1.71. The highest BCUT2D eigenvalue weighted by atomic mass is 32.2. The Labute approximate surface area is 206 Å². The fraction of sp³-hybridized carbons (Fsp3) is 0.423. The minimum absolute atomic E-state index is 0.124. The third-order valence-electron chi connectivity index (χ3n) is 6.59. The van der Waals surface area contributed by atoms with Gasteiger partial charge >= 0.3 is 0 Å². The number of methoxy groups -OCH3 is 1. The zero-order chi connectivity index (χ0) is 25.0. The number of H-pyrrole nitrogens is 1. The molecular weight excluding hydrogens is 466 g/mol. The molecule has 8 nitrogen and oxygen atoms in total. The molecule has 9 heteroatoms. The minimum atomic E-state index is -3.32. The molecule has 3 aromatic rings. The van der Waals surface area contributed by atoms with Crippen LogP contribution in [0.1, 0.15) is 36.8 Å². The Bertz CT molecular complexity index is 1290. The van der Waals surface area contributed by atoms with Crippen LogP contribution in [0.3, 0.4) is 0 Å². The molecule has 2 aromatic carbocycles. The van der Waals surface area contributed by atoms with E-state index in [4.69, 9.17) is 9.47 Å². The number of rotatable bonds is 9. The summed E-state index contributed by atoms with van der Waals surface area (Å²) in [6, 6.07) is 13.9. The number of benzene rings is 2. The molecule has 0 aliphatic carbocycles. The van der Waals surface area contributed by atoms with E-state index < -0.39 is 10.0 Å². The fourth-order valence-electron chi connectivity index (χ4n) is 4.77. The van der Waals surface area contributed by atoms with E-state index in [-0.39, 0.29) is 24.3 Å². The largest absolute Gasteiger partial charge is 0.493 e. The normalized spacial score (nSPS) is 17.7. The van der Waals surface area contributed by atoms with E-state index in [2.05, 4.69) is 16.4 Å². The van der Waals surface area contributed by atoms with E-state index in [1.54, 1.807) is 7.11 Å². The molecular formula is C26H33N3O5S. The van der Waals surface area contributed by atoms with E-state index in [1.165, 1.54) is 10.6 Å². The summed E-state index contributed by atoms with van der Waals surface area (Å²) in [5.41, 5.74) is 3.07. The van der Waals surface area contributed by atoms with Crippen LogP contribution in [0.15, 0.2) is 48.7 Å². The maximum absolute atomic E-state index is 13.1. The van der Waals surface area contributed by atoms with Crippen LogP contribution in [-0.2, 0) is 14.8 Å². The molecule has 1 amide bonds. The van der Waals surface area contributed by atoms with Crippen molar-refractivity contribution in [1.29, 1.82) is 0 Å². The van der Waals surface area contributed by atoms with Crippen LogP contribution >= 0.6 is 0 Å². The summed E-state index contributed by atoms with van der Waals surface area (Å²) in [6.07, 6.45) is 4.52. The lowest BCUT2D eigenvalue weighted by Gasteiger charge is -2.30. The number of aromatic amines is 1. The molecule has 1 aromatic heterocycles. The molecule has 188 valence electrons. The number of nitrogens with one attached hydrogen (secondary N) is 2. The van der Waals surface area contributed by atoms with Gasteiger partial charge in [0, 0.05) is 42.7 Å². The quantitative estimate of drug-likeness (QED) is 0.469. The number of para-hydroxylation sites is 1. The first-order chi connectivity index (χ1) is 16.8. The van der Waals surface area contributed by atoms with Crippen molar-refractivity contribution in [2.45, 2.75) is 25.7 Å². The van der Waals surface area contributed by atoms with Crippen LogP contribution < -0.4 is 14.8 Å². The summed E-state index contributed by atoms with van der Waals surface area (Å²) in [6.45, 7) is 3.51. The van der Waals surface area contributed by atoms with Gasteiger partial charge in [-0.1, -0.05) is 24.3 Å². The van der Waals surface area contributed by atoms with Gasteiger partial charge in [0.2, 0.25) is 15.9 Å². The molecule has 1 saturated heterocycles. The first kappa shape index (κ1) is 25.1. The molecule has 0 spiro atoms. The smallest absolute Gasteiger partial charge is 0.224 e. The van der Waals surface area contributed by atoms with Crippen molar-refractivity contribution in [2.24, 2.45) is 5.92 Å². The third-order valence-corrected chi connectivity index (χ3v) is 7.86. The number of ether oxygens (including phenoxy) is 2. The SMILES string of the molecule is CCOc1ccc(C(CNC(=O)C2CCCN(S(C)(=O)=O)C2)c2c[nH]c3ccccc23)cc1OC. The Morgan fingerprint density at radius 2 is 2.03 bits per heavy atom. The fourth-order valence-corrected chi connectivity index (χ4v) is 5.68. The number of hydrogen-bond acceptors (Lipinski definition) is 5. The molecule has 2 N–H and O–H groups in total. The lowest BCUT2D eigenvalue weighted by atomic mass is 9.90. The number of fused-ring (bicyclic) bond motifs is 1. The molecule has 35 heavy (non-hydrogen) atoms. The molecule has 0 bridgehead atoms. The van der Waals surface area contributed by atoms with Crippen LogP contribution in [0.5, 0.6) is 11.5 Å². The molecule has 0 saturated carbocycles. The zero-order valence-electron chi connectivity index (χ0n) is 20.4. The topological polar surface area (TPSA) is 101 Å².